The zero-order valence-electron chi connectivity index (χ0n) is 13.2. The number of hydrogen-bond donors (Lipinski definition) is 1. The molecule has 0 bridgehead atoms. The second kappa shape index (κ2) is 5.67. The van der Waals surface area contributed by atoms with Crippen molar-refractivity contribution in [3.05, 3.63) is 24.2 Å². The van der Waals surface area contributed by atoms with Crippen LogP contribution in [0.25, 0.3) is 0 Å². The van der Waals surface area contributed by atoms with Gasteiger partial charge < -0.3 is 20.0 Å². The number of carbonyl (C=O) groups is 2. The maximum absolute atomic E-state index is 12.8. The van der Waals surface area contributed by atoms with E-state index in [9.17, 15) is 9.59 Å². The number of likely N-dealkylation sites (tertiary alicyclic amines) is 2. The fourth-order valence-corrected chi connectivity index (χ4v) is 4.43. The zero-order valence-corrected chi connectivity index (χ0v) is 13.2. The molecule has 2 N–H and O–H groups in total. The van der Waals surface area contributed by atoms with Crippen LogP contribution in [0.3, 0.4) is 0 Å². The van der Waals surface area contributed by atoms with Crippen LogP contribution >= 0.6 is 0 Å². The predicted octanol–water partition coefficient (Wildman–Crippen LogP) is 0.824. The minimum absolute atomic E-state index is 0.0378. The fraction of sp³-hybridized carbons (Fsp3) is 0.647. The summed E-state index contributed by atoms with van der Waals surface area (Å²) in [6.07, 6.45) is 4.13. The highest BCUT2D eigenvalue weighted by Gasteiger charge is 2.45. The van der Waals surface area contributed by atoms with Gasteiger partial charge in [0, 0.05) is 32.1 Å². The van der Waals surface area contributed by atoms with Crippen molar-refractivity contribution in [1.82, 2.24) is 9.80 Å². The molecule has 4 rings (SSSR count). The highest BCUT2D eigenvalue weighted by molar-refractivity contribution is 5.89. The molecule has 0 aromatic carbocycles. The van der Waals surface area contributed by atoms with Crippen LogP contribution in [0.2, 0.25) is 0 Å². The maximum atomic E-state index is 12.8. The van der Waals surface area contributed by atoms with Crippen LogP contribution in [-0.2, 0) is 16.1 Å². The van der Waals surface area contributed by atoms with Crippen molar-refractivity contribution in [2.75, 3.05) is 19.6 Å². The second-order valence-corrected chi connectivity index (χ2v) is 7.16. The molecule has 0 radical (unpaired) electrons. The van der Waals surface area contributed by atoms with E-state index in [1.165, 1.54) is 0 Å². The van der Waals surface area contributed by atoms with Crippen molar-refractivity contribution in [2.45, 2.75) is 31.8 Å². The SMILES string of the molecule is NC1CCC2CN(C(=O)C3CC(=O)N(Cc4ccco4)C3)CC12. The third-order valence-corrected chi connectivity index (χ3v) is 5.71. The molecule has 23 heavy (non-hydrogen) atoms. The molecule has 6 heteroatoms. The lowest BCUT2D eigenvalue weighted by Gasteiger charge is -2.22. The third kappa shape index (κ3) is 2.65. The molecule has 2 aliphatic heterocycles. The standard InChI is InChI=1S/C17H23N3O3/c18-15-4-3-11-7-20(10-14(11)15)17(22)12-6-16(21)19(8-12)9-13-2-1-5-23-13/h1-2,5,11-12,14-15H,3-4,6-10,18H2. The van der Waals surface area contributed by atoms with Crippen LogP contribution in [0.1, 0.15) is 25.0 Å². The molecule has 3 heterocycles. The quantitative estimate of drug-likeness (QED) is 0.895. The number of furan rings is 1. The van der Waals surface area contributed by atoms with E-state index in [0.717, 1.165) is 31.7 Å². The summed E-state index contributed by atoms with van der Waals surface area (Å²) in [5.41, 5.74) is 6.14. The Balaban J connectivity index is 1.37. The van der Waals surface area contributed by atoms with E-state index in [1.54, 1.807) is 11.2 Å². The Bertz CT molecular complexity index is 600. The van der Waals surface area contributed by atoms with Gasteiger partial charge in [0.05, 0.1) is 18.7 Å². The lowest BCUT2D eigenvalue weighted by molar-refractivity contribution is -0.135. The van der Waals surface area contributed by atoms with Crippen LogP contribution in [0, 0.1) is 17.8 Å². The van der Waals surface area contributed by atoms with E-state index >= 15 is 0 Å². The van der Waals surface area contributed by atoms with Crippen molar-refractivity contribution in [3.8, 4) is 0 Å². The monoisotopic (exact) mass is 317 g/mol. The Morgan fingerprint density at radius 3 is 2.91 bits per heavy atom. The van der Waals surface area contributed by atoms with Gasteiger partial charge in [0.1, 0.15) is 5.76 Å². The van der Waals surface area contributed by atoms with Crippen molar-refractivity contribution in [1.29, 1.82) is 0 Å². The molecule has 4 unspecified atom stereocenters. The summed E-state index contributed by atoms with van der Waals surface area (Å²) in [4.78, 5) is 28.6. The third-order valence-electron chi connectivity index (χ3n) is 5.71. The second-order valence-electron chi connectivity index (χ2n) is 7.16. The van der Waals surface area contributed by atoms with Crippen molar-refractivity contribution in [3.63, 3.8) is 0 Å². The van der Waals surface area contributed by atoms with Gasteiger partial charge in [-0.2, -0.15) is 0 Å². The van der Waals surface area contributed by atoms with Crippen LogP contribution in [0.15, 0.2) is 22.8 Å². The minimum atomic E-state index is -0.215. The topological polar surface area (TPSA) is 79.8 Å². The number of fused-ring (bicyclic) bond motifs is 1. The molecule has 124 valence electrons. The van der Waals surface area contributed by atoms with Crippen LogP contribution < -0.4 is 5.73 Å². The Hall–Kier alpha value is -1.82. The van der Waals surface area contributed by atoms with E-state index in [0.29, 0.717) is 31.3 Å². The Morgan fingerprint density at radius 2 is 2.17 bits per heavy atom. The van der Waals surface area contributed by atoms with E-state index in [2.05, 4.69) is 0 Å². The Morgan fingerprint density at radius 1 is 1.30 bits per heavy atom. The zero-order chi connectivity index (χ0) is 16.0. The largest absolute Gasteiger partial charge is 0.467 e. The summed E-state index contributed by atoms with van der Waals surface area (Å²) < 4.78 is 5.30. The average Bonchev–Trinajstić information content (AvgIpc) is 3.27. The van der Waals surface area contributed by atoms with Crippen molar-refractivity contribution >= 4 is 11.8 Å². The molecule has 6 nitrogen and oxygen atoms in total. The molecule has 1 aliphatic carbocycles. The number of carbonyl (C=O) groups excluding carboxylic acids is 2. The van der Waals surface area contributed by atoms with Gasteiger partial charge in [-0.1, -0.05) is 0 Å². The predicted molar refractivity (Wildman–Crippen MR) is 83.0 cm³/mol. The first kappa shape index (κ1) is 14.8. The van der Waals surface area contributed by atoms with Gasteiger partial charge in [0.25, 0.3) is 0 Å². The molecule has 4 atom stereocenters. The molecule has 1 saturated carbocycles. The molecule has 1 aromatic rings. The number of hydrogen-bond acceptors (Lipinski definition) is 4. The van der Waals surface area contributed by atoms with Crippen LogP contribution in [0.4, 0.5) is 0 Å². The minimum Gasteiger partial charge on any atom is -0.467 e. The summed E-state index contributed by atoms with van der Waals surface area (Å²) >= 11 is 0. The van der Waals surface area contributed by atoms with Gasteiger partial charge in [-0.3, -0.25) is 9.59 Å². The summed E-state index contributed by atoms with van der Waals surface area (Å²) in [5.74, 6) is 1.72. The summed E-state index contributed by atoms with van der Waals surface area (Å²) in [6.45, 7) is 2.54. The normalized spacial score (nSPS) is 33.5. The number of nitrogens with two attached hydrogens (primary N) is 1. The fourth-order valence-electron chi connectivity index (χ4n) is 4.43. The summed E-state index contributed by atoms with van der Waals surface area (Å²) in [7, 11) is 0. The maximum Gasteiger partial charge on any atom is 0.228 e. The van der Waals surface area contributed by atoms with E-state index in [-0.39, 0.29) is 23.8 Å². The highest BCUT2D eigenvalue weighted by Crippen LogP contribution is 2.38. The van der Waals surface area contributed by atoms with E-state index < -0.39 is 0 Å². The molecule has 2 saturated heterocycles. The molecule has 0 spiro atoms. The van der Waals surface area contributed by atoms with Gasteiger partial charge in [0.15, 0.2) is 0 Å². The van der Waals surface area contributed by atoms with Gasteiger partial charge in [0.2, 0.25) is 11.8 Å². The number of amides is 2. The first-order chi connectivity index (χ1) is 11.1. The highest BCUT2D eigenvalue weighted by atomic mass is 16.3. The van der Waals surface area contributed by atoms with Crippen molar-refractivity contribution < 1.29 is 14.0 Å². The van der Waals surface area contributed by atoms with Gasteiger partial charge in [-0.15, -0.1) is 0 Å². The average molecular weight is 317 g/mol. The lowest BCUT2D eigenvalue weighted by Crippen LogP contribution is -2.38. The molecule has 3 aliphatic rings. The number of rotatable bonds is 3. The van der Waals surface area contributed by atoms with Crippen LogP contribution in [-0.4, -0.2) is 47.3 Å². The van der Waals surface area contributed by atoms with E-state index in [1.807, 2.05) is 17.0 Å². The molecular weight excluding hydrogens is 294 g/mol. The first-order valence-electron chi connectivity index (χ1n) is 8.46. The van der Waals surface area contributed by atoms with Crippen molar-refractivity contribution in [2.24, 2.45) is 23.5 Å². The smallest absolute Gasteiger partial charge is 0.228 e. The molecule has 1 aromatic heterocycles. The molecular formula is C17H23N3O3. The van der Waals surface area contributed by atoms with Crippen LogP contribution in [0.5, 0.6) is 0 Å². The Labute approximate surface area is 135 Å². The molecule has 3 fully saturated rings. The first-order valence-corrected chi connectivity index (χ1v) is 8.46. The Kier molecular flexibility index (Phi) is 3.64. The number of nitrogens with zero attached hydrogens (tertiary/aromatic N) is 2. The van der Waals surface area contributed by atoms with E-state index in [4.69, 9.17) is 10.2 Å². The summed E-state index contributed by atoms with van der Waals surface area (Å²) in [5, 5.41) is 0. The lowest BCUT2D eigenvalue weighted by atomic mass is 9.98. The summed E-state index contributed by atoms with van der Waals surface area (Å²) in [6, 6.07) is 3.90. The van der Waals surface area contributed by atoms with Gasteiger partial charge >= 0.3 is 0 Å². The van der Waals surface area contributed by atoms with Gasteiger partial charge in [-0.05, 0) is 36.8 Å². The molecule has 2 amide bonds. The van der Waals surface area contributed by atoms with Gasteiger partial charge in [-0.25, -0.2) is 0 Å².